The highest BCUT2D eigenvalue weighted by Crippen LogP contribution is 2.07. The van der Waals surface area contributed by atoms with Crippen LogP contribution in [0.1, 0.15) is 13.3 Å². The molecule has 0 aliphatic heterocycles. The zero-order valence-corrected chi connectivity index (χ0v) is 6.27. The first-order chi connectivity index (χ1) is 4.95. The van der Waals surface area contributed by atoms with Gasteiger partial charge >= 0.3 is 5.97 Å². The maximum Gasteiger partial charge on any atom is 0.320 e. The average molecular weight is 163 g/mol. The fourth-order valence-corrected chi connectivity index (χ4v) is 0.623. The number of hydrogen-bond acceptors (Lipinski definition) is 4. The number of rotatable bonds is 4. The van der Waals surface area contributed by atoms with Crippen molar-refractivity contribution in [3.05, 3.63) is 0 Å². The number of aliphatic hydroxyl groups excluding tert-OH is 1. The Morgan fingerprint density at radius 3 is 2.27 bits per heavy atom. The Bertz CT molecular complexity index is 137. The lowest BCUT2D eigenvalue weighted by Gasteiger charge is -2.15. The fourth-order valence-electron chi connectivity index (χ4n) is 0.623. The molecule has 5 nitrogen and oxygen atoms in total. The highest BCUT2D eigenvalue weighted by Gasteiger charge is 2.19. The molecule has 2 atom stereocenters. The Balaban J connectivity index is 3.75. The van der Waals surface area contributed by atoms with Crippen LogP contribution in [0.2, 0.25) is 0 Å². The Morgan fingerprint density at radius 2 is 2.00 bits per heavy atom. The topological polar surface area (TPSA) is 104 Å². The first kappa shape index (κ1) is 10.3. The van der Waals surface area contributed by atoms with E-state index in [1.54, 1.807) is 0 Å². The molecule has 0 aromatic carbocycles. The van der Waals surface area contributed by atoms with Gasteiger partial charge in [0.15, 0.2) is 6.29 Å². The maximum atomic E-state index is 10.2. The van der Waals surface area contributed by atoms with Crippen LogP contribution in [-0.4, -0.2) is 33.6 Å². The van der Waals surface area contributed by atoms with Crippen LogP contribution in [0.15, 0.2) is 0 Å². The third-order valence-electron chi connectivity index (χ3n) is 1.45. The highest BCUT2D eigenvalue weighted by molar-refractivity contribution is 5.72. The lowest BCUT2D eigenvalue weighted by atomic mass is 10.0. The van der Waals surface area contributed by atoms with Crippen molar-refractivity contribution in [3.8, 4) is 0 Å². The second-order valence-electron chi connectivity index (χ2n) is 2.57. The van der Waals surface area contributed by atoms with E-state index in [0.29, 0.717) is 0 Å². The first-order valence-electron chi connectivity index (χ1n) is 3.29. The van der Waals surface area contributed by atoms with Gasteiger partial charge in [-0.25, -0.2) is 0 Å². The first-order valence-corrected chi connectivity index (χ1v) is 3.29. The second-order valence-corrected chi connectivity index (χ2v) is 2.57. The van der Waals surface area contributed by atoms with Crippen LogP contribution in [0.5, 0.6) is 0 Å². The SMILES string of the molecule is CC(C[C@H](N)C(=O)O)C(O)O. The summed E-state index contributed by atoms with van der Waals surface area (Å²) in [6.07, 6.45) is -1.44. The molecule has 11 heavy (non-hydrogen) atoms. The van der Waals surface area contributed by atoms with Gasteiger partial charge in [0.2, 0.25) is 0 Å². The molecular formula is C6H13NO4. The zero-order chi connectivity index (χ0) is 9.02. The van der Waals surface area contributed by atoms with E-state index in [2.05, 4.69) is 0 Å². The lowest BCUT2D eigenvalue weighted by molar-refractivity contribution is -0.140. The van der Waals surface area contributed by atoms with Gasteiger partial charge in [-0.05, 0) is 6.42 Å². The number of hydrogen-bond donors (Lipinski definition) is 4. The molecule has 1 unspecified atom stereocenters. The van der Waals surface area contributed by atoms with Crippen LogP contribution in [0, 0.1) is 5.92 Å². The van der Waals surface area contributed by atoms with Gasteiger partial charge in [0.25, 0.3) is 0 Å². The van der Waals surface area contributed by atoms with Crippen LogP contribution in [0.3, 0.4) is 0 Å². The third kappa shape index (κ3) is 3.92. The van der Waals surface area contributed by atoms with Gasteiger partial charge in [-0.15, -0.1) is 0 Å². The van der Waals surface area contributed by atoms with Crippen LogP contribution >= 0.6 is 0 Å². The van der Waals surface area contributed by atoms with Crippen molar-refractivity contribution < 1.29 is 20.1 Å². The number of nitrogens with two attached hydrogens (primary N) is 1. The van der Waals surface area contributed by atoms with Gasteiger partial charge in [-0.1, -0.05) is 6.92 Å². The molecule has 0 aliphatic carbocycles. The monoisotopic (exact) mass is 163 g/mol. The number of aliphatic hydroxyl groups is 2. The molecular weight excluding hydrogens is 150 g/mol. The molecule has 0 fully saturated rings. The molecule has 5 N–H and O–H groups in total. The fraction of sp³-hybridized carbons (Fsp3) is 0.833. The Morgan fingerprint density at radius 1 is 1.55 bits per heavy atom. The minimum Gasteiger partial charge on any atom is -0.480 e. The van der Waals surface area contributed by atoms with E-state index in [-0.39, 0.29) is 6.42 Å². The van der Waals surface area contributed by atoms with Crippen LogP contribution < -0.4 is 5.73 Å². The molecule has 0 saturated heterocycles. The summed E-state index contributed by atoms with van der Waals surface area (Å²) in [6, 6.07) is -1.02. The second kappa shape index (κ2) is 4.27. The summed E-state index contributed by atoms with van der Waals surface area (Å²) in [7, 11) is 0. The van der Waals surface area contributed by atoms with Gasteiger partial charge in [0.1, 0.15) is 6.04 Å². The van der Waals surface area contributed by atoms with Crippen LogP contribution in [-0.2, 0) is 4.79 Å². The highest BCUT2D eigenvalue weighted by atomic mass is 16.5. The summed E-state index contributed by atoms with van der Waals surface area (Å²) in [6.45, 7) is 1.52. The molecule has 0 rings (SSSR count). The Labute approximate surface area is 64.4 Å². The molecule has 0 bridgehead atoms. The van der Waals surface area contributed by atoms with E-state index >= 15 is 0 Å². The number of carboxylic acids is 1. The van der Waals surface area contributed by atoms with Crippen molar-refractivity contribution in [1.29, 1.82) is 0 Å². The maximum absolute atomic E-state index is 10.2. The summed E-state index contributed by atoms with van der Waals surface area (Å²) in [5, 5.41) is 25.4. The van der Waals surface area contributed by atoms with Gasteiger partial charge in [-0.2, -0.15) is 0 Å². The largest absolute Gasteiger partial charge is 0.480 e. The molecule has 0 heterocycles. The third-order valence-corrected chi connectivity index (χ3v) is 1.45. The Hall–Kier alpha value is -0.650. The molecule has 0 amide bonds. The minimum absolute atomic E-state index is 0.0625. The van der Waals surface area contributed by atoms with Crippen molar-refractivity contribution in [2.24, 2.45) is 11.7 Å². The lowest BCUT2D eigenvalue weighted by Crippen LogP contribution is -2.34. The minimum atomic E-state index is -1.50. The van der Waals surface area contributed by atoms with E-state index in [1.165, 1.54) is 6.92 Å². The average Bonchev–Trinajstić information content (AvgIpc) is 1.87. The molecule has 0 aromatic rings. The summed E-state index contributed by atoms with van der Waals surface area (Å²) >= 11 is 0. The van der Waals surface area contributed by atoms with Crippen molar-refractivity contribution in [1.82, 2.24) is 0 Å². The molecule has 66 valence electrons. The van der Waals surface area contributed by atoms with E-state index < -0.39 is 24.2 Å². The van der Waals surface area contributed by atoms with Crippen molar-refractivity contribution in [2.75, 3.05) is 0 Å². The smallest absolute Gasteiger partial charge is 0.320 e. The molecule has 0 aromatic heterocycles. The van der Waals surface area contributed by atoms with Crippen molar-refractivity contribution in [2.45, 2.75) is 25.7 Å². The van der Waals surface area contributed by atoms with E-state index in [1.807, 2.05) is 0 Å². The number of aliphatic carboxylic acids is 1. The summed E-state index contributed by atoms with van der Waals surface area (Å²) in [5.41, 5.74) is 5.13. The van der Waals surface area contributed by atoms with Crippen LogP contribution in [0.4, 0.5) is 0 Å². The van der Waals surface area contributed by atoms with Gasteiger partial charge in [0.05, 0.1) is 0 Å². The molecule has 0 saturated carbocycles. The summed E-state index contributed by atoms with van der Waals surface area (Å²) in [4.78, 5) is 10.2. The van der Waals surface area contributed by atoms with E-state index in [0.717, 1.165) is 0 Å². The van der Waals surface area contributed by atoms with Gasteiger partial charge < -0.3 is 21.1 Å². The summed E-state index contributed by atoms with van der Waals surface area (Å²) < 4.78 is 0. The van der Waals surface area contributed by atoms with E-state index in [4.69, 9.17) is 21.1 Å². The standard InChI is InChI=1S/C6H13NO4/c1-3(5(8)9)2-4(7)6(10)11/h3-5,8-9H,2,7H2,1H3,(H,10,11)/t3?,4-/m0/s1. The zero-order valence-electron chi connectivity index (χ0n) is 6.27. The Kier molecular flexibility index (Phi) is 4.02. The molecule has 5 heteroatoms. The van der Waals surface area contributed by atoms with Crippen molar-refractivity contribution >= 4 is 5.97 Å². The van der Waals surface area contributed by atoms with Crippen molar-refractivity contribution in [3.63, 3.8) is 0 Å². The number of carbonyl (C=O) groups is 1. The predicted molar refractivity (Wildman–Crippen MR) is 37.6 cm³/mol. The molecule has 0 radical (unpaired) electrons. The summed E-state index contributed by atoms with van der Waals surface area (Å²) in [5.74, 6) is -1.64. The van der Waals surface area contributed by atoms with Crippen LogP contribution in [0.25, 0.3) is 0 Å². The van der Waals surface area contributed by atoms with Gasteiger partial charge in [0, 0.05) is 5.92 Å². The normalized spacial score (nSPS) is 16.5. The molecule has 0 spiro atoms. The quantitative estimate of drug-likeness (QED) is 0.387. The number of carboxylic acid groups (broad SMARTS) is 1. The predicted octanol–water partition coefficient (Wildman–Crippen LogP) is -1.26. The van der Waals surface area contributed by atoms with E-state index in [9.17, 15) is 4.79 Å². The molecule has 0 aliphatic rings. The van der Waals surface area contributed by atoms with Gasteiger partial charge in [-0.3, -0.25) is 4.79 Å².